The lowest BCUT2D eigenvalue weighted by atomic mass is 10.3. The molecule has 0 fully saturated rings. The topological polar surface area (TPSA) is 85.5 Å². The van der Waals surface area contributed by atoms with Crippen molar-refractivity contribution in [2.45, 2.75) is 11.8 Å². The average Bonchev–Trinajstić information content (AvgIpc) is 2.50. The molecule has 6 nitrogen and oxygen atoms in total. The van der Waals surface area contributed by atoms with Crippen LogP contribution in [0.3, 0.4) is 0 Å². The summed E-state index contributed by atoms with van der Waals surface area (Å²) in [5.41, 5.74) is 6.26. The Morgan fingerprint density at radius 3 is 2.50 bits per heavy atom. The van der Waals surface area contributed by atoms with Crippen LogP contribution < -0.4 is 14.8 Å². The number of hydrogen-bond acceptors (Lipinski definition) is 5. The van der Waals surface area contributed by atoms with E-state index < -0.39 is 10.0 Å². The van der Waals surface area contributed by atoms with E-state index in [4.69, 9.17) is 10.5 Å². The van der Waals surface area contributed by atoms with Crippen molar-refractivity contribution in [3.8, 4) is 5.75 Å². The fourth-order valence-electron chi connectivity index (χ4n) is 2.00. The minimum absolute atomic E-state index is 0.0282. The van der Waals surface area contributed by atoms with Crippen LogP contribution in [0.4, 0.5) is 11.5 Å². The molecular formula is C14H16BrN3O3S. The van der Waals surface area contributed by atoms with Crippen molar-refractivity contribution in [2.75, 3.05) is 23.7 Å². The van der Waals surface area contributed by atoms with Gasteiger partial charge < -0.3 is 10.5 Å². The number of ether oxygens (including phenoxy) is 1. The SMILES string of the molecule is CCN(c1ccc(OC)cc1)S(=O)(=O)c1cc(Br)cnc1N. The van der Waals surface area contributed by atoms with E-state index in [1.54, 1.807) is 38.3 Å². The average molecular weight is 386 g/mol. The maximum atomic E-state index is 12.8. The Kier molecular flexibility index (Phi) is 4.92. The summed E-state index contributed by atoms with van der Waals surface area (Å²) in [6.45, 7) is 2.02. The summed E-state index contributed by atoms with van der Waals surface area (Å²) in [6, 6.07) is 8.22. The van der Waals surface area contributed by atoms with Crippen LogP contribution in [0.25, 0.3) is 0 Å². The van der Waals surface area contributed by atoms with Gasteiger partial charge in [-0.25, -0.2) is 13.4 Å². The second-order valence-corrected chi connectivity index (χ2v) is 7.15. The zero-order valence-corrected chi connectivity index (χ0v) is 14.6. The molecule has 2 aromatic rings. The van der Waals surface area contributed by atoms with Gasteiger partial charge >= 0.3 is 0 Å². The number of methoxy groups -OCH3 is 1. The lowest BCUT2D eigenvalue weighted by molar-refractivity contribution is 0.415. The van der Waals surface area contributed by atoms with Gasteiger partial charge in [-0.2, -0.15) is 0 Å². The number of nitrogen functional groups attached to an aromatic ring is 1. The van der Waals surface area contributed by atoms with E-state index in [0.717, 1.165) is 0 Å². The van der Waals surface area contributed by atoms with Gasteiger partial charge in [-0.15, -0.1) is 0 Å². The van der Waals surface area contributed by atoms with Crippen molar-refractivity contribution in [2.24, 2.45) is 0 Å². The molecule has 0 saturated heterocycles. The van der Waals surface area contributed by atoms with Gasteiger partial charge in [0.25, 0.3) is 10.0 Å². The molecule has 1 heterocycles. The number of anilines is 2. The van der Waals surface area contributed by atoms with Gasteiger partial charge in [-0.1, -0.05) is 0 Å². The number of rotatable bonds is 5. The lowest BCUT2D eigenvalue weighted by Crippen LogP contribution is -2.31. The van der Waals surface area contributed by atoms with E-state index in [-0.39, 0.29) is 17.3 Å². The second-order valence-electron chi connectivity index (χ2n) is 4.40. The van der Waals surface area contributed by atoms with Gasteiger partial charge in [0.1, 0.15) is 16.5 Å². The Hall–Kier alpha value is -1.80. The molecule has 0 bridgehead atoms. The highest BCUT2D eigenvalue weighted by Crippen LogP contribution is 2.29. The molecule has 0 aliphatic heterocycles. The van der Waals surface area contributed by atoms with Crippen LogP contribution in [0, 0.1) is 0 Å². The van der Waals surface area contributed by atoms with Gasteiger partial charge in [0, 0.05) is 17.2 Å². The number of sulfonamides is 1. The number of nitrogens with zero attached hydrogens (tertiary/aromatic N) is 2. The van der Waals surface area contributed by atoms with E-state index in [2.05, 4.69) is 20.9 Å². The Balaban J connectivity index is 2.50. The van der Waals surface area contributed by atoms with Gasteiger partial charge in [0.05, 0.1) is 12.8 Å². The van der Waals surface area contributed by atoms with Crippen molar-refractivity contribution in [3.05, 3.63) is 41.0 Å². The first-order valence-electron chi connectivity index (χ1n) is 6.48. The molecule has 1 aromatic heterocycles. The molecule has 2 N–H and O–H groups in total. The zero-order valence-electron chi connectivity index (χ0n) is 12.2. The van der Waals surface area contributed by atoms with Gasteiger partial charge in [0.15, 0.2) is 0 Å². The highest BCUT2D eigenvalue weighted by atomic mass is 79.9. The molecule has 0 aliphatic rings. The molecule has 0 aliphatic carbocycles. The molecule has 22 heavy (non-hydrogen) atoms. The van der Waals surface area contributed by atoms with E-state index in [0.29, 0.717) is 15.9 Å². The Labute approximate surface area is 138 Å². The maximum absolute atomic E-state index is 12.8. The third kappa shape index (κ3) is 3.17. The third-order valence-electron chi connectivity index (χ3n) is 3.06. The fraction of sp³-hybridized carbons (Fsp3) is 0.214. The first-order chi connectivity index (χ1) is 10.4. The summed E-state index contributed by atoms with van der Waals surface area (Å²) in [6.07, 6.45) is 1.46. The van der Waals surface area contributed by atoms with Crippen LogP contribution in [0.1, 0.15) is 6.92 Å². The smallest absolute Gasteiger partial charge is 0.268 e. The van der Waals surface area contributed by atoms with E-state index >= 15 is 0 Å². The van der Waals surface area contributed by atoms with E-state index in [1.165, 1.54) is 16.6 Å². The monoisotopic (exact) mass is 385 g/mol. The van der Waals surface area contributed by atoms with Crippen molar-refractivity contribution in [3.63, 3.8) is 0 Å². The predicted molar refractivity (Wildman–Crippen MR) is 89.5 cm³/mol. The molecule has 0 atom stereocenters. The molecule has 118 valence electrons. The highest BCUT2D eigenvalue weighted by molar-refractivity contribution is 9.10. The van der Waals surface area contributed by atoms with Crippen LogP contribution in [0.15, 0.2) is 45.9 Å². The van der Waals surface area contributed by atoms with Crippen molar-refractivity contribution < 1.29 is 13.2 Å². The number of hydrogen-bond donors (Lipinski definition) is 1. The first kappa shape index (κ1) is 16.6. The van der Waals surface area contributed by atoms with Crippen LogP contribution in [0.2, 0.25) is 0 Å². The Morgan fingerprint density at radius 1 is 1.32 bits per heavy atom. The third-order valence-corrected chi connectivity index (χ3v) is 5.43. The lowest BCUT2D eigenvalue weighted by Gasteiger charge is -2.23. The van der Waals surface area contributed by atoms with Gasteiger partial charge in [0.2, 0.25) is 0 Å². The molecular weight excluding hydrogens is 370 g/mol. The van der Waals surface area contributed by atoms with Crippen molar-refractivity contribution in [1.82, 2.24) is 4.98 Å². The standard InChI is InChI=1S/C14H16BrN3O3S/c1-3-18(11-4-6-12(21-2)7-5-11)22(19,20)13-8-10(15)9-17-14(13)16/h4-9H,3H2,1-2H3,(H2,16,17). The Morgan fingerprint density at radius 2 is 1.95 bits per heavy atom. The second kappa shape index (κ2) is 6.53. The van der Waals surface area contributed by atoms with Gasteiger partial charge in [-0.05, 0) is 53.2 Å². The highest BCUT2D eigenvalue weighted by Gasteiger charge is 2.26. The molecule has 0 amide bonds. The minimum Gasteiger partial charge on any atom is -0.497 e. The molecule has 2 rings (SSSR count). The number of pyridine rings is 1. The van der Waals surface area contributed by atoms with Crippen molar-refractivity contribution in [1.29, 1.82) is 0 Å². The molecule has 0 saturated carbocycles. The van der Waals surface area contributed by atoms with Crippen LogP contribution in [0.5, 0.6) is 5.75 Å². The van der Waals surface area contributed by atoms with Gasteiger partial charge in [-0.3, -0.25) is 4.31 Å². The molecule has 1 aromatic carbocycles. The predicted octanol–water partition coefficient (Wildman–Crippen LogP) is 2.65. The Bertz CT molecular complexity index is 763. The maximum Gasteiger partial charge on any atom is 0.268 e. The summed E-state index contributed by atoms with van der Waals surface area (Å²) in [5, 5.41) is 0. The zero-order chi connectivity index (χ0) is 16.3. The number of halogens is 1. The number of benzene rings is 1. The molecule has 0 radical (unpaired) electrons. The largest absolute Gasteiger partial charge is 0.497 e. The van der Waals surface area contributed by atoms with Crippen LogP contribution in [-0.4, -0.2) is 27.1 Å². The number of nitrogens with two attached hydrogens (primary N) is 1. The minimum atomic E-state index is -3.80. The molecule has 0 unspecified atom stereocenters. The summed E-state index contributed by atoms with van der Waals surface area (Å²) in [4.78, 5) is 3.86. The van der Waals surface area contributed by atoms with E-state index in [9.17, 15) is 8.42 Å². The summed E-state index contributed by atoms with van der Waals surface area (Å²) >= 11 is 3.22. The van der Waals surface area contributed by atoms with Crippen molar-refractivity contribution >= 4 is 37.5 Å². The molecule has 8 heteroatoms. The number of aromatic nitrogens is 1. The first-order valence-corrected chi connectivity index (χ1v) is 8.71. The summed E-state index contributed by atoms with van der Waals surface area (Å²) in [5.74, 6) is 0.621. The quantitative estimate of drug-likeness (QED) is 0.854. The van der Waals surface area contributed by atoms with Crippen LogP contribution >= 0.6 is 15.9 Å². The summed E-state index contributed by atoms with van der Waals surface area (Å²) in [7, 11) is -2.25. The summed E-state index contributed by atoms with van der Waals surface area (Å²) < 4.78 is 32.6. The van der Waals surface area contributed by atoms with E-state index in [1.807, 2.05) is 0 Å². The van der Waals surface area contributed by atoms with Crippen LogP contribution in [-0.2, 0) is 10.0 Å². The fourth-order valence-corrected chi connectivity index (χ4v) is 4.05. The normalized spacial score (nSPS) is 11.2. The molecule has 0 spiro atoms.